The fourth-order valence-corrected chi connectivity index (χ4v) is 2.04. The van der Waals surface area contributed by atoms with E-state index in [1.165, 1.54) is 0 Å². The van der Waals surface area contributed by atoms with Crippen LogP contribution in [0.1, 0.15) is 33.1 Å². The lowest BCUT2D eigenvalue weighted by atomic mass is 9.93. The number of hydrogen-bond donors (Lipinski definition) is 2. The molecule has 0 saturated carbocycles. The maximum absolute atomic E-state index is 11.8. The van der Waals surface area contributed by atoms with Gasteiger partial charge in [-0.05, 0) is 33.1 Å². The molecule has 0 aromatic heterocycles. The molecule has 0 spiro atoms. The average molecular weight is 244 g/mol. The summed E-state index contributed by atoms with van der Waals surface area (Å²) in [6, 6.07) is -0.319. The van der Waals surface area contributed by atoms with Crippen LogP contribution in [-0.4, -0.2) is 43.9 Å². The number of nitrogens with one attached hydrogen (secondary N) is 1. The van der Waals surface area contributed by atoms with E-state index in [4.69, 9.17) is 15.2 Å². The lowest BCUT2D eigenvalue weighted by molar-refractivity contribution is -0.125. The number of amides is 1. The molecule has 1 fully saturated rings. The first kappa shape index (κ1) is 14.4. The normalized spacial score (nSPS) is 25.3. The van der Waals surface area contributed by atoms with Crippen LogP contribution < -0.4 is 11.1 Å². The van der Waals surface area contributed by atoms with Crippen LogP contribution in [0, 0.1) is 0 Å². The standard InChI is InChI=1S/C12H24N2O3/c1-12(2)8-9(4-7-17-12)14-11(15)10(13)5-6-16-3/h9-10H,4-8,13H2,1-3H3,(H,14,15). The Hall–Kier alpha value is -0.650. The summed E-state index contributed by atoms with van der Waals surface area (Å²) in [7, 11) is 1.60. The van der Waals surface area contributed by atoms with Crippen molar-refractivity contribution in [1.29, 1.82) is 0 Å². The second-order valence-corrected chi connectivity index (χ2v) is 5.19. The molecule has 1 heterocycles. The molecule has 0 bridgehead atoms. The molecular weight excluding hydrogens is 220 g/mol. The van der Waals surface area contributed by atoms with Crippen molar-refractivity contribution < 1.29 is 14.3 Å². The van der Waals surface area contributed by atoms with Crippen molar-refractivity contribution in [2.24, 2.45) is 5.73 Å². The molecule has 1 aliphatic heterocycles. The molecule has 5 heteroatoms. The van der Waals surface area contributed by atoms with E-state index in [-0.39, 0.29) is 17.6 Å². The maximum atomic E-state index is 11.8. The molecule has 0 aromatic carbocycles. The maximum Gasteiger partial charge on any atom is 0.237 e. The number of methoxy groups -OCH3 is 1. The van der Waals surface area contributed by atoms with Crippen molar-refractivity contribution in [2.75, 3.05) is 20.3 Å². The van der Waals surface area contributed by atoms with Crippen LogP contribution in [-0.2, 0) is 14.3 Å². The summed E-state index contributed by atoms with van der Waals surface area (Å²) >= 11 is 0. The van der Waals surface area contributed by atoms with Gasteiger partial charge in [0.2, 0.25) is 5.91 Å². The van der Waals surface area contributed by atoms with Gasteiger partial charge < -0.3 is 20.5 Å². The Balaban J connectivity index is 2.35. The number of hydrogen-bond acceptors (Lipinski definition) is 4. The third-order valence-corrected chi connectivity index (χ3v) is 3.01. The SMILES string of the molecule is COCCC(N)C(=O)NC1CCOC(C)(C)C1. The lowest BCUT2D eigenvalue weighted by Gasteiger charge is -2.36. The van der Waals surface area contributed by atoms with E-state index in [9.17, 15) is 4.79 Å². The molecule has 17 heavy (non-hydrogen) atoms. The number of ether oxygens (including phenoxy) is 2. The summed E-state index contributed by atoms with van der Waals surface area (Å²) in [6.07, 6.45) is 2.23. The van der Waals surface area contributed by atoms with Gasteiger partial charge in [0.25, 0.3) is 0 Å². The van der Waals surface area contributed by atoms with E-state index < -0.39 is 6.04 Å². The van der Waals surface area contributed by atoms with Crippen LogP contribution in [0.15, 0.2) is 0 Å². The molecule has 0 radical (unpaired) electrons. The Morgan fingerprint density at radius 1 is 1.65 bits per heavy atom. The Morgan fingerprint density at radius 3 is 2.94 bits per heavy atom. The molecule has 0 aliphatic carbocycles. The first-order chi connectivity index (χ1) is 7.94. The van der Waals surface area contributed by atoms with E-state index in [0.717, 1.165) is 12.8 Å². The van der Waals surface area contributed by atoms with E-state index in [1.54, 1.807) is 7.11 Å². The largest absolute Gasteiger partial charge is 0.385 e. The highest BCUT2D eigenvalue weighted by Gasteiger charge is 2.30. The van der Waals surface area contributed by atoms with Gasteiger partial charge in [-0.2, -0.15) is 0 Å². The van der Waals surface area contributed by atoms with Crippen molar-refractivity contribution >= 4 is 5.91 Å². The van der Waals surface area contributed by atoms with Crippen molar-refractivity contribution in [1.82, 2.24) is 5.32 Å². The number of nitrogens with two attached hydrogens (primary N) is 1. The van der Waals surface area contributed by atoms with E-state index in [2.05, 4.69) is 5.32 Å². The van der Waals surface area contributed by atoms with Gasteiger partial charge in [-0.15, -0.1) is 0 Å². The molecule has 0 aromatic rings. The van der Waals surface area contributed by atoms with Gasteiger partial charge in [0.15, 0.2) is 0 Å². The molecule has 2 unspecified atom stereocenters. The summed E-state index contributed by atoms with van der Waals surface area (Å²) in [5.41, 5.74) is 5.60. The van der Waals surface area contributed by atoms with Crippen molar-refractivity contribution in [2.45, 2.75) is 50.8 Å². The highest BCUT2D eigenvalue weighted by molar-refractivity contribution is 5.81. The van der Waals surface area contributed by atoms with E-state index >= 15 is 0 Å². The molecule has 1 aliphatic rings. The number of rotatable bonds is 5. The average Bonchev–Trinajstić information content (AvgIpc) is 2.24. The molecule has 100 valence electrons. The lowest BCUT2D eigenvalue weighted by Crippen LogP contribution is -2.50. The van der Waals surface area contributed by atoms with Crippen LogP contribution in [0.2, 0.25) is 0 Å². The molecule has 2 atom stereocenters. The van der Waals surface area contributed by atoms with Crippen LogP contribution in [0.3, 0.4) is 0 Å². The van der Waals surface area contributed by atoms with E-state index in [1.807, 2.05) is 13.8 Å². The molecule has 1 amide bonds. The third-order valence-electron chi connectivity index (χ3n) is 3.01. The van der Waals surface area contributed by atoms with Crippen LogP contribution in [0.25, 0.3) is 0 Å². The van der Waals surface area contributed by atoms with Gasteiger partial charge in [0, 0.05) is 26.4 Å². The Morgan fingerprint density at radius 2 is 2.35 bits per heavy atom. The van der Waals surface area contributed by atoms with Gasteiger partial charge in [-0.25, -0.2) is 0 Å². The topological polar surface area (TPSA) is 73.6 Å². The quantitative estimate of drug-likeness (QED) is 0.735. The van der Waals surface area contributed by atoms with Gasteiger partial charge in [-0.1, -0.05) is 0 Å². The Bertz CT molecular complexity index is 256. The zero-order valence-corrected chi connectivity index (χ0v) is 11.0. The van der Waals surface area contributed by atoms with Gasteiger partial charge in [0.1, 0.15) is 0 Å². The van der Waals surface area contributed by atoms with Crippen molar-refractivity contribution in [3.8, 4) is 0 Å². The van der Waals surface area contributed by atoms with Crippen molar-refractivity contribution in [3.05, 3.63) is 0 Å². The zero-order chi connectivity index (χ0) is 12.9. The minimum Gasteiger partial charge on any atom is -0.385 e. The summed E-state index contributed by atoms with van der Waals surface area (Å²) in [5.74, 6) is -0.0928. The molecule has 1 saturated heterocycles. The van der Waals surface area contributed by atoms with Gasteiger partial charge in [0.05, 0.1) is 11.6 Å². The Labute approximate surface area is 103 Å². The number of carbonyl (C=O) groups is 1. The van der Waals surface area contributed by atoms with Crippen LogP contribution in [0.4, 0.5) is 0 Å². The summed E-state index contributed by atoms with van der Waals surface area (Å²) in [4.78, 5) is 11.8. The molecule has 3 N–H and O–H groups in total. The molecule has 5 nitrogen and oxygen atoms in total. The first-order valence-electron chi connectivity index (χ1n) is 6.13. The smallest absolute Gasteiger partial charge is 0.237 e. The highest BCUT2D eigenvalue weighted by Crippen LogP contribution is 2.23. The van der Waals surface area contributed by atoms with Crippen molar-refractivity contribution in [3.63, 3.8) is 0 Å². The fourth-order valence-electron chi connectivity index (χ4n) is 2.04. The summed E-state index contributed by atoms with van der Waals surface area (Å²) in [6.45, 7) is 5.27. The Kier molecular flexibility index (Phi) is 5.36. The zero-order valence-electron chi connectivity index (χ0n) is 11.0. The third kappa shape index (κ3) is 5.02. The fraction of sp³-hybridized carbons (Fsp3) is 0.917. The molecular formula is C12H24N2O3. The highest BCUT2D eigenvalue weighted by atomic mass is 16.5. The summed E-state index contributed by atoms with van der Waals surface area (Å²) in [5, 5.41) is 2.98. The first-order valence-corrected chi connectivity index (χ1v) is 6.13. The monoisotopic (exact) mass is 244 g/mol. The minimum atomic E-state index is -0.485. The second-order valence-electron chi connectivity index (χ2n) is 5.19. The number of carbonyl (C=O) groups excluding carboxylic acids is 1. The minimum absolute atomic E-state index is 0.0928. The van der Waals surface area contributed by atoms with Crippen LogP contribution in [0.5, 0.6) is 0 Å². The molecule has 1 rings (SSSR count). The van der Waals surface area contributed by atoms with Gasteiger partial charge in [-0.3, -0.25) is 4.79 Å². The predicted octanol–water partition coefficient (Wildman–Crippen LogP) is 0.424. The second kappa shape index (κ2) is 6.33. The summed E-state index contributed by atoms with van der Waals surface area (Å²) < 4.78 is 10.5. The van der Waals surface area contributed by atoms with Gasteiger partial charge >= 0.3 is 0 Å². The van der Waals surface area contributed by atoms with E-state index in [0.29, 0.717) is 19.6 Å². The van der Waals surface area contributed by atoms with Crippen LogP contribution >= 0.6 is 0 Å². The predicted molar refractivity (Wildman–Crippen MR) is 65.7 cm³/mol.